The number of methoxy groups -OCH3 is 1. The van der Waals surface area contributed by atoms with Crippen molar-refractivity contribution in [3.05, 3.63) is 29.3 Å². The van der Waals surface area contributed by atoms with Gasteiger partial charge in [0.05, 0.1) is 7.11 Å². The third kappa shape index (κ3) is 3.05. The molecule has 0 N–H and O–H groups in total. The van der Waals surface area contributed by atoms with Crippen molar-refractivity contribution >= 4 is 0 Å². The molecule has 1 heterocycles. The highest BCUT2D eigenvalue weighted by atomic mass is 16.5. The molecule has 0 bridgehead atoms. The molecule has 1 atom stereocenters. The van der Waals surface area contributed by atoms with E-state index in [4.69, 9.17) is 4.74 Å². The number of ether oxygens (including phenoxy) is 1. The summed E-state index contributed by atoms with van der Waals surface area (Å²) in [6, 6.07) is 6.63. The number of hydrogen-bond donors (Lipinski definition) is 0. The Bertz CT molecular complexity index is 400. The van der Waals surface area contributed by atoms with Crippen LogP contribution in [0.4, 0.5) is 0 Å². The van der Waals surface area contributed by atoms with E-state index in [-0.39, 0.29) is 0 Å². The summed E-state index contributed by atoms with van der Waals surface area (Å²) < 4.78 is 5.44. The largest absolute Gasteiger partial charge is 0.496 e. The van der Waals surface area contributed by atoms with Crippen LogP contribution in [0.2, 0.25) is 0 Å². The molecule has 0 aromatic heterocycles. The van der Waals surface area contributed by atoms with Crippen LogP contribution in [0.25, 0.3) is 0 Å². The minimum absolute atomic E-state index is 0.511. The third-order valence-corrected chi connectivity index (χ3v) is 3.83. The summed E-state index contributed by atoms with van der Waals surface area (Å²) in [5.74, 6) is 2.38. The predicted octanol–water partition coefficient (Wildman–Crippen LogP) is 3.66. The summed E-state index contributed by atoms with van der Waals surface area (Å²) in [4.78, 5) is 2.55. The summed E-state index contributed by atoms with van der Waals surface area (Å²) >= 11 is 0. The van der Waals surface area contributed by atoms with E-state index in [1.807, 2.05) is 0 Å². The van der Waals surface area contributed by atoms with Gasteiger partial charge in [-0.25, -0.2) is 0 Å². The molecule has 0 radical (unpaired) electrons. The summed E-state index contributed by atoms with van der Waals surface area (Å²) in [6.45, 7) is 10.3. The maximum Gasteiger partial charge on any atom is 0.122 e. The molecule has 1 aromatic rings. The first-order valence-electron chi connectivity index (χ1n) is 6.99. The molecule has 0 amide bonds. The molecule has 0 aliphatic carbocycles. The molecule has 18 heavy (non-hydrogen) atoms. The van der Waals surface area contributed by atoms with Crippen LogP contribution < -0.4 is 4.74 Å². The Morgan fingerprint density at radius 3 is 2.72 bits per heavy atom. The smallest absolute Gasteiger partial charge is 0.122 e. The summed E-state index contributed by atoms with van der Waals surface area (Å²) in [7, 11) is 1.75. The Balaban J connectivity index is 2.11. The van der Waals surface area contributed by atoms with E-state index in [0.29, 0.717) is 5.92 Å². The van der Waals surface area contributed by atoms with E-state index >= 15 is 0 Å². The third-order valence-electron chi connectivity index (χ3n) is 3.83. The molecule has 2 rings (SSSR count). The average Bonchev–Trinajstić information content (AvgIpc) is 2.74. The van der Waals surface area contributed by atoms with Crippen molar-refractivity contribution < 1.29 is 4.74 Å². The van der Waals surface area contributed by atoms with Crippen molar-refractivity contribution in [2.24, 2.45) is 5.92 Å². The van der Waals surface area contributed by atoms with Gasteiger partial charge in [0, 0.05) is 13.1 Å². The molecule has 0 spiro atoms. The second-order valence-corrected chi connectivity index (χ2v) is 5.86. The average molecular weight is 247 g/mol. The molecular formula is C16H25NO. The molecule has 2 heteroatoms. The molecular weight excluding hydrogens is 222 g/mol. The summed E-state index contributed by atoms with van der Waals surface area (Å²) in [6.07, 6.45) is 1.34. The van der Waals surface area contributed by atoms with E-state index < -0.39 is 0 Å². The Hall–Kier alpha value is -1.02. The van der Waals surface area contributed by atoms with Crippen molar-refractivity contribution in [1.29, 1.82) is 0 Å². The van der Waals surface area contributed by atoms with Gasteiger partial charge >= 0.3 is 0 Å². The zero-order valence-corrected chi connectivity index (χ0v) is 12.1. The second kappa shape index (κ2) is 5.75. The lowest BCUT2D eigenvalue weighted by atomic mass is 9.99. The van der Waals surface area contributed by atoms with Crippen molar-refractivity contribution in [1.82, 2.24) is 4.90 Å². The van der Waals surface area contributed by atoms with Gasteiger partial charge in [-0.3, -0.25) is 4.90 Å². The second-order valence-electron chi connectivity index (χ2n) is 5.86. The van der Waals surface area contributed by atoms with Gasteiger partial charge in [0.2, 0.25) is 0 Å². The molecule has 1 aromatic carbocycles. The van der Waals surface area contributed by atoms with E-state index in [2.05, 4.69) is 43.9 Å². The molecule has 1 aliphatic heterocycles. The van der Waals surface area contributed by atoms with Crippen LogP contribution >= 0.6 is 0 Å². The first-order chi connectivity index (χ1) is 8.60. The summed E-state index contributed by atoms with van der Waals surface area (Å²) in [5, 5.41) is 0. The lowest BCUT2D eigenvalue weighted by molar-refractivity contribution is 0.320. The normalized spacial score (nSPS) is 20.6. The zero-order chi connectivity index (χ0) is 13.1. The fraction of sp³-hybridized carbons (Fsp3) is 0.625. The van der Waals surface area contributed by atoms with Crippen LogP contribution in [0.5, 0.6) is 5.75 Å². The van der Waals surface area contributed by atoms with Crippen LogP contribution in [0.15, 0.2) is 18.2 Å². The minimum Gasteiger partial charge on any atom is -0.496 e. The number of hydrogen-bond acceptors (Lipinski definition) is 2. The molecule has 0 saturated carbocycles. The van der Waals surface area contributed by atoms with E-state index in [1.165, 1.54) is 30.6 Å². The van der Waals surface area contributed by atoms with Crippen molar-refractivity contribution in [2.75, 3.05) is 20.2 Å². The quantitative estimate of drug-likeness (QED) is 0.805. The van der Waals surface area contributed by atoms with Gasteiger partial charge in [0.25, 0.3) is 0 Å². The fourth-order valence-corrected chi connectivity index (χ4v) is 2.76. The maximum atomic E-state index is 5.44. The first kappa shape index (κ1) is 13.4. The van der Waals surface area contributed by atoms with Crippen LogP contribution in [-0.4, -0.2) is 25.1 Å². The highest BCUT2D eigenvalue weighted by Crippen LogP contribution is 2.28. The fourth-order valence-electron chi connectivity index (χ4n) is 2.76. The van der Waals surface area contributed by atoms with E-state index in [0.717, 1.165) is 18.2 Å². The molecule has 100 valence electrons. The number of rotatable bonds is 4. The van der Waals surface area contributed by atoms with Gasteiger partial charge in [0.15, 0.2) is 0 Å². The number of nitrogens with zero attached hydrogens (tertiary/aromatic N) is 1. The summed E-state index contributed by atoms with van der Waals surface area (Å²) in [5.41, 5.74) is 2.73. The molecule has 2 nitrogen and oxygen atoms in total. The topological polar surface area (TPSA) is 12.5 Å². The number of benzene rings is 1. The predicted molar refractivity (Wildman–Crippen MR) is 76.1 cm³/mol. The van der Waals surface area contributed by atoms with Gasteiger partial charge in [-0.05, 0) is 42.0 Å². The van der Waals surface area contributed by atoms with Gasteiger partial charge in [-0.1, -0.05) is 32.9 Å². The van der Waals surface area contributed by atoms with Crippen LogP contribution in [-0.2, 0) is 6.54 Å². The van der Waals surface area contributed by atoms with Gasteiger partial charge < -0.3 is 4.74 Å². The van der Waals surface area contributed by atoms with Crippen LogP contribution in [0.1, 0.15) is 44.2 Å². The lowest BCUT2D eigenvalue weighted by Crippen LogP contribution is -2.19. The van der Waals surface area contributed by atoms with E-state index in [1.54, 1.807) is 7.11 Å². The van der Waals surface area contributed by atoms with Crippen molar-refractivity contribution in [3.63, 3.8) is 0 Å². The Kier molecular flexibility index (Phi) is 4.28. The molecule has 1 saturated heterocycles. The minimum atomic E-state index is 0.511. The Morgan fingerprint density at radius 2 is 2.17 bits per heavy atom. The van der Waals surface area contributed by atoms with Gasteiger partial charge in [-0.2, -0.15) is 0 Å². The highest BCUT2D eigenvalue weighted by Gasteiger charge is 2.19. The Labute approximate surface area is 111 Å². The number of likely N-dealkylation sites (tertiary alicyclic amines) is 1. The highest BCUT2D eigenvalue weighted by molar-refractivity contribution is 5.39. The molecule has 1 fully saturated rings. The van der Waals surface area contributed by atoms with E-state index in [9.17, 15) is 0 Å². The Morgan fingerprint density at radius 1 is 1.39 bits per heavy atom. The first-order valence-corrected chi connectivity index (χ1v) is 6.99. The SMILES string of the molecule is COc1ccc(CN2CCC(C)C2)cc1C(C)C. The zero-order valence-electron chi connectivity index (χ0n) is 12.1. The lowest BCUT2D eigenvalue weighted by Gasteiger charge is -2.18. The van der Waals surface area contributed by atoms with Crippen LogP contribution in [0.3, 0.4) is 0 Å². The maximum absolute atomic E-state index is 5.44. The van der Waals surface area contributed by atoms with Crippen molar-refractivity contribution in [3.8, 4) is 5.75 Å². The van der Waals surface area contributed by atoms with Crippen molar-refractivity contribution in [2.45, 2.75) is 39.7 Å². The molecule has 1 aliphatic rings. The van der Waals surface area contributed by atoms with Crippen LogP contribution in [0, 0.1) is 5.92 Å². The monoisotopic (exact) mass is 247 g/mol. The van der Waals surface area contributed by atoms with Gasteiger partial charge in [-0.15, -0.1) is 0 Å². The molecule has 1 unspecified atom stereocenters. The standard InChI is InChI=1S/C16H25NO/c1-12(2)15-9-14(5-6-16(15)18-4)11-17-8-7-13(3)10-17/h5-6,9,12-13H,7-8,10-11H2,1-4H3. The van der Waals surface area contributed by atoms with Gasteiger partial charge in [0.1, 0.15) is 5.75 Å².